The van der Waals surface area contributed by atoms with Crippen LogP contribution in [0.5, 0.6) is 0 Å². The molecule has 2 heteroatoms. The molecular formula is C4H10NO. The normalized spacial score (nSPS) is 14.5. The van der Waals surface area contributed by atoms with Crippen molar-refractivity contribution in [2.24, 2.45) is 0 Å². The SMILES string of the molecule is CN[CH]C(C)O. The fraction of sp³-hybridized carbons (Fsp3) is 0.750. The zero-order chi connectivity index (χ0) is 4.99. The topological polar surface area (TPSA) is 32.3 Å². The standard InChI is InChI=1S/C4H10NO/c1-4(6)3-5-2/h3-6H,1-2H3. The maximum absolute atomic E-state index is 8.43. The summed E-state index contributed by atoms with van der Waals surface area (Å²) in [5.74, 6) is 0. The third-order valence-corrected chi connectivity index (χ3v) is 0.408. The monoisotopic (exact) mass is 88.1 g/mol. The molecule has 37 valence electrons. The second kappa shape index (κ2) is 3.12. The van der Waals surface area contributed by atoms with Crippen molar-refractivity contribution in [1.29, 1.82) is 0 Å². The minimum Gasteiger partial charge on any atom is -0.392 e. The fourth-order valence-electron chi connectivity index (χ4n) is 0.241. The average molecular weight is 88.1 g/mol. The molecule has 0 aliphatic carbocycles. The molecule has 0 fully saturated rings. The minimum atomic E-state index is -0.338. The van der Waals surface area contributed by atoms with E-state index in [9.17, 15) is 0 Å². The number of aliphatic hydroxyl groups is 1. The third-order valence-electron chi connectivity index (χ3n) is 0.408. The summed E-state index contributed by atoms with van der Waals surface area (Å²) in [4.78, 5) is 0. The van der Waals surface area contributed by atoms with Gasteiger partial charge in [0.2, 0.25) is 0 Å². The second-order valence-electron chi connectivity index (χ2n) is 1.20. The Kier molecular flexibility index (Phi) is 3.08. The Morgan fingerprint density at radius 2 is 2.33 bits per heavy atom. The van der Waals surface area contributed by atoms with Gasteiger partial charge < -0.3 is 10.4 Å². The molecule has 0 bridgehead atoms. The van der Waals surface area contributed by atoms with Crippen molar-refractivity contribution in [2.75, 3.05) is 7.05 Å². The van der Waals surface area contributed by atoms with Gasteiger partial charge in [-0.1, -0.05) is 0 Å². The maximum atomic E-state index is 8.43. The van der Waals surface area contributed by atoms with Gasteiger partial charge in [-0.25, -0.2) is 0 Å². The van der Waals surface area contributed by atoms with Crippen molar-refractivity contribution in [3.8, 4) is 0 Å². The Morgan fingerprint density at radius 3 is 2.33 bits per heavy atom. The van der Waals surface area contributed by atoms with E-state index in [4.69, 9.17) is 5.11 Å². The van der Waals surface area contributed by atoms with E-state index < -0.39 is 0 Å². The first-order valence-electron chi connectivity index (χ1n) is 1.96. The summed E-state index contributed by atoms with van der Waals surface area (Å²) in [5.41, 5.74) is 0. The molecular weight excluding hydrogens is 78.0 g/mol. The smallest absolute Gasteiger partial charge is 0.0681 e. The summed E-state index contributed by atoms with van der Waals surface area (Å²) in [6.07, 6.45) is -0.338. The van der Waals surface area contributed by atoms with Crippen molar-refractivity contribution in [1.82, 2.24) is 5.32 Å². The quantitative estimate of drug-likeness (QED) is 0.488. The summed E-state index contributed by atoms with van der Waals surface area (Å²) in [6, 6.07) is 0. The van der Waals surface area contributed by atoms with Gasteiger partial charge in [-0.2, -0.15) is 0 Å². The predicted molar refractivity (Wildman–Crippen MR) is 25.0 cm³/mol. The van der Waals surface area contributed by atoms with Crippen molar-refractivity contribution in [3.63, 3.8) is 0 Å². The Morgan fingerprint density at radius 1 is 1.83 bits per heavy atom. The average Bonchev–Trinajstić information content (AvgIpc) is 1.35. The van der Waals surface area contributed by atoms with E-state index in [0.29, 0.717) is 0 Å². The van der Waals surface area contributed by atoms with E-state index in [1.165, 1.54) is 0 Å². The van der Waals surface area contributed by atoms with Crippen LogP contribution in [-0.4, -0.2) is 18.3 Å². The van der Waals surface area contributed by atoms with E-state index >= 15 is 0 Å². The molecule has 6 heavy (non-hydrogen) atoms. The van der Waals surface area contributed by atoms with Gasteiger partial charge in [0, 0.05) is 0 Å². The summed E-state index contributed by atoms with van der Waals surface area (Å²) in [6.45, 7) is 3.29. The van der Waals surface area contributed by atoms with Gasteiger partial charge in [0.15, 0.2) is 0 Å². The highest BCUT2D eigenvalue weighted by Gasteiger charge is 1.87. The molecule has 0 saturated heterocycles. The first-order chi connectivity index (χ1) is 2.77. The van der Waals surface area contributed by atoms with Gasteiger partial charge in [0.25, 0.3) is 0 Å². The largest absolute Gasteiger partial charge is 0.392 e. The number of hydrogen-bond acceptors (Lipinski definition) is 2. The molecule has 0 heterocycles. The molecule has 0 spiro atoms. The minimum absolute atomic E-state index is 0.338. The van der Waals surface area contributed by atoms with Gasteiger partial charge in [-0.3, -0.25) is 0 Å². The summed E-state index contributed by atoms with van der Waals surface area (Å²) in [7, 11) is 1.76. The molecule has 1 atom stereocenters. The Hall–Kier alpha value is -0.0800. The fourth-order valence-corrected chi connectivity index (χ4v) is 0.241. The van der Waals surface area contributed by atoms with Gasteiger partial charge in [-0.15, -0.1) is 0 Å². The second-order valence-corrected chi connectivity index (χ2v) is 1.20. The van der Waals surface area contributed by atoms with Gasteiger partial charge in [0.1, 0.15) is 0 Å². The lowest BCUT2D eigenvalue weighted by Gasteiger charge is -1.96. The lowest BCUT2D eigenvalue weighted by atomic mass is 10.4. The number of aliphatic hydroxyl groups excluding tert-OH is 1. The molecule has 1 radical (unpaired) electrons. The van der Waals surface area contributed by atoms with Gasteiger partial charge >= 0.3 is 0 Å². The summed E-state index contributed by atoms with van der Waals surface area (Å²) < 4.78 is 0. The van der Waals surface area contributed by atoms with Crippen molar-refractivity contribution in [3.05, 3.63) is 6.54 Å². The van der Waals surface area contributed by atoms with Gasteiger partial charge in [0.05, 0.1) is 12.6 Å². The Labute approximate surface area is 38.2 Å². The lowest BCUT2D eigenvalue weighted by Crippen LogP contribution is -2.12. The summed E-state index contributed by atoms with van der Waals surface area (Å²) >= 11 is 0. The van der Waals surface area contributed by atoms with Crippen LogP contribution in [0.4, 0.5) is 0 Å². The summed E-state index contributed by atoms with van der Waals surface area (Å²) in [5, 5.41) is 11.1. The molecule has 0 aliphatic heterocycles. The molecule has 2 nitrogen and oxygen atoms in total. The Bertz CT molecular complexity index is 28.7. The van der Waals surface area contributed by atoms with Crippen LogP contribution in [0.25, 0.3) is 0 Å². The number of nitrogens with one attached hydrogen (secondary N) is 1. The molecule has 1 unspecified atom stereocenters. The van der Waals surface area contributed by atoms with Crippen LogP contribution >= 0.6 is 0 Å². The van der Waals surface area contributed by atoms with Crippen molar-refractivity contribution >= 4 is 0 Å². The van der Waals surface area contributed by atoms with E-state index in [1.54, 1.807) is 20.5 Å². The zero-order valence-corrected chi connectivity index (χ0v) is 4.10. The highest BCUT2D eigenvalue weighted by atomic mass is 16.3. The van der Waals surface area contributed by atoms with Crippen LogP contribution in [0.2, 0.25) is 0 Å². The van der Waals surface area contributed by atoms with Crippen LogP contribution in [0.1, 0.15) is 6.92 Å². The predicted octanol–water partition coefficient (Wildman–Crippen LogP) is -0.252. The van der Waals surface area contributed by atoms with E-state index in [-0.39, 0.29) is 6.10 Å². The molecule has 0 saturated carbocycles. The molecule has 0 amide bonds. The number of rotatable bonds is 2. The first-order valence-corrected chi connectivity index (χ1v) is 1.96. The molecule has 0 rings (SSSR count). The van der Waals surface area contributed by atoms with Crippen LogP contribution in [-0.2, 0) is 0 Å². The Balaban J connectivity index is 2.63. The van der Waals surface area contributed by atoms with E-state index in [1.807, 2.05) is 0 Å². The lowest BCUT2D eigenvalue weighted by molar-refractivity contribution is 0.220. The molecule has 0 aliphatic rings. The molecule has 0 aromatic rings. The van der Waals surface area contributed by atoms with Crippen LogP contribution in [0.3, 0.4) is 0 Å². The highest BCUT2D eigenvalue weighted by molar-refractivity contribution is 4.63. The van der Waals surface area contributed by atoms with Crippen LogP contribution in [0.15, 0.2) is 0 Å². The van der Waals surface area contributed by atoms with Crippen molar-refractivity contribution < 1.29 is 5.11 Å². The molecule has 0 aromatic heterocycles. The first kappa shape index (κ1) is 5.92. The van der Waals surface area contributed by atoms with Crippen molar-refractivity contribution in [2.45, 2.75) is 13.0 Å². The molecule has 2 N–H and O–H groups in total. The van der Waals surface area contributed by atoms with E-state index in [0.717, 1.165) is 0 Å². The maximum Gasteiger partial charge on any atom is 0.0681 e. The highest BCUT2D eigenvalue weighted by Crippen LogP contribution is 1.76. The van der Waals surface area contributed by atoms with Crippen LogP contribution in [0, 0.1) is 6.54 Å². The number of hydrogen-bond donors (Lipinski definition) is 2. The van der Waals surface area contributed by atoms with E-state index in [2.05, 4.69) is 5.32 Å². The number of likely N-dealkylation sites (N-methyl/N-ethyl adjacent to an activating group) is 1. The third kappa shape index (κ3) is 3.92. The zero-order valence-electron chi connectivity index (χ0n) is 4.10. The van der Waals surface area contributed by atoms with Gasteiger partial charge in [-0.05, 0) is 14.0 Å². The molecule has 0 aromatic carbocycles. The van der Waals surface area contributed by atoms with Crippen LogP contribution < -0.4 is 5.32 Å².